The highest BCUT2D eigenvalue weighted by atomic mass is 19.1. The van der Waals surface area contributed by atoms with Gasteiger partial charge in [0.1, 0.15) is 5.82 Å². The smallest absolute Gasteiger partial charge is 0.319 e. The normalized spacial score (nSPS) is 12.3. The van der Waals surface area contributed by atoms with Gasteiger partial charge in [0.25, 0.3) is 0 Å². The standard InChI is InChI=1S/C14H21FN2O2/c1-9(2)13(18)6-7-16-14(19)17-12-8-10(3)4-5-11(12)15/h4-5,8-9,13,18H,6-7H2,1-3H3,(H2,16,17,19). The molecule has 5 heteroatoms. The summed E-state index contributed by atoms with van der Waals surface area (Å²) in [5.74, 6) is -0.318. The average molecular weight is 268 g/mol. The van der Waals surface area contributed by atoms with Crippen LogP contribution in [-0.2, 0) is 0 Å². The summed E-state index contributed by atoms with van der Waals surface area (Å²) in [5, 5.41) is 14.6. The predicted octanol–water partition coefficient (Wildman–Crippen LogP) is 2.66. The number of carbonyl (C=O) groups is 1. The van der Waals surface area contributed by atoms with Crippen molar-refractivity contribution in [1.29, 1.82) is 0 Å². The first kappa shape index (κ1) is 15.4. The van der Waals surface area contributed by atoms with Crippen LogP contribution in [0.4, 0.5) is 14.9 Å². The molecule has 0 saturated heterocycles. The molecule has 3 N–H and O–H groups in total. The molecule has 0 heterocycles. The molecule has 0 fully saturated rings. The summed E-state index contributed by atoms with van der Waals surface area (Å²) in [6.45, 7) is 5.99. The topological polar surface area (TPSA) is 61.4 Å². The molecule has 1 unspecified atom stereocenters. The fraction of sp³-hybridized carbons (Fsp3) is 0.500. The second-order valence-electron chi connectivity index (χ2n) is 4.96. The molecule has 0 aliphatic rings. The molecule has 4 nitrogen and oxygen atoms in total. The molecule has 0 spiro atoms. The van der Waals surface area contributed by atoms with Crippen LogP contribution in [0.2, 0.25) is 0 Å². The van der Waals surface area contributed by atoms with Gasteiger partial charge in [-0.25, -0.2) is 9.18 Å². The lowest BCUT2D eigenvalue weighted by atomic mass is 10.0. The van der Waals surface area contributed by atoms with Crippen molar-refractivity contribution in [1.82, 2.24) is 5.32 Å². The van der Waals surface area contributed by atoms with Crippen LogP contribution < -0.4 is 10.6 Å². The van der Waals surface area contributed by atoms with Crippen LogP contribution in [0.5, 0.6) is 0 Å². The van der Waals surface area contributed by atoms with Crippen LogP contribution >= 0.6 is 0 Å². The van der Waals surface area contributed by atoms with Gasteiger partial charge in [-0.2, -0.15) is 0 Å². The van der Waals surface area contributed by atoms with Gasteiger partial charge >= 0.3 is 6.03 Å². The third-order valence-electron chi connectivity index (χ3n) is 2.87. The molecule has 1 rings (SSSR count). The zero-order valence-corrected chi connectivity index (χ0v) is 11.5. The molecular formula is C14H21FN2O2. The molecule has 0 radical (unpaired) electrons. The summed E-state index contributed by atoms with van der Waals surface area (Å²) in [5.41, 5.74) is 1.02. The maximum absolute atomic E-state index is 13.4. The third kappa shape index (κ3) is 5.26. The zero-order valence-electron chi connectivity index (χ0n) is 11.5. The molecule has 0 saturated carbocycles. The first-order valence-corrected chi connectivity index (χ1v) is 6.39. The van der Waals surface area contributed by atoms with Crippen LogP contribution in [-0.4, -0.2) is 23.8 Å². The number of aliphatic hydroxyl groups excluding tert-OH is 1. The minimum atomic E-state index is -0.472. The number of carbonyl (C=O) groups excluding carboxylic acids is 1. The highest BCUT2D eigenvalue weighted by molar-refractivity contribution is 5.89. The van der Waals surface area contributed by atoms with Gasteiger partial charge in [-0.15, -0.1) is 0 Å². The van der Waals surface area contributed by atoms with Crippen LogP contribution in [0.1, 0.15) is 25.8 Å². The number of halogens is 1. The van der Waals surface area contributed by atoms with E-state index in [1.165, 1.54) is 6.07 Å². The van der Waals surface area contributed by atoms with E-state index in [2.05, 4.69) is 10.6 Å². The second kappa shape index (κ2) is 7.09. The lowest BCUT2D eigenvalue weighted by molar-refractivity contribution is 0.117. The van der Waals surface area contributed by atoms with E-state index in [4.69, 9.17) is 0 Å². The molecule has 106 valence electrons. The van der Waals surface area contributed by atoms with Crippen molar-refractivity contribution in [3.63, 3.8) is 0 Å². The Morgan fingerprint density at radius 1 is 1.42 bits per heavy atom. The monoisotopic (exact) mass is 268 g/mol. The van der Waals surface area contributed by atoms with E-state index in [0.29, 0.717) is 13.0 Å². The van der Waals surface area contributed by atoms with Crippen LogP contribution in [0, 0.1) is 18.7 Å². The summed E-state index contributed by atoms with van der Waals surface area (Å²) in [4.78, 5) is 11.6. The summed E-state index contributed by atoms with van der Waals surface area (Å²) in [6, 6.07) is 4.04. The largest absolute Gasteiger partial charge is 0.393 e. The fourth-order valence-corrected chi connectivity index (χ4v) is 1.57. The van der Waals surface area contributed by atoms with Gasteiger partial charge in [0.15, 0.2) is 0 Å². The minimum absolute atomic E-state index is 0.152. The van der Waals surface area contributed by atoms with E-state index in [1.807, 2.05) is 20.8 Å². The fourth-order valence-electron chi connectivity index (χ4n) is 1.57. The number of hydrogen-bond acceptors (Lipinski definition) is 2. The van der Waals surface area contributed by atoms with Crippen molar-refractivity contribution in [3.8, 4) is 0 Å². The third-order valence-corrected chi connectivity index (χ3v) is 2.87. The van der Waals surface area contributed by atoms with Crippen molar-refractivity contribution >= 4 is 11.7 Å². The Morgan fingerprint density at radius 3 is 2.74 bits per heavy atom. The first-order valence-electron chi connectivity index (χ1n) is 6.39. The first-order chi connectivity index (χ1) is 8.90. The molecule has 1 atom stereocenters. The van der Waals surface area contributed by atoms with Gasteiger partial charge in [-0.05, 0) is 37.0 Å². The second-order valence-corrected chi connectivity index (χ2v) is 4.96. The average Bonchev–Trinajstić information content (AvgIpc) is 2.33. The number of benzene rings is 1. The van der Waals surface area contributed by atoms with E-state index in [0.717, 1.165) is 5.56 Å². The number of amides is 2. The molecule has 0 aromatic heterocycles. The van der Waals surface area contributed by atoms with Gasteiger partial charge in [0, 0.05) is 6.54 Å². The van der Waals surface area contributed by atoms with Crippen molar-refractivity contribution < 1.29 is 14.3 Å². The van der Waals surface area contributed by atoms with Gasteiger partial charge in [0.05, 0.1) is 11.8 Å². The van der Waals surface area contributed by atoms with Gasteiger partial charge in [-0.1, -0.05) is 19.9 Å². The van der Waals surface area contributed by atoms with Crippen LogP contribution in [0.3, 0.4) is 0 Å². The number of aliphatic hydroxyl groups is 1. The summed E-state index contributed by atoms with van der Waals surface area (Å²) in [7, 11) is 0. The molecule has 1 aromatic rings. The highest BCUT2D eigenvalue weighted by Crippen LogP contribution is 2.15. The number of anilines is 1. The van der Waals surface area contributed by atoms with E-state index < -0.39 is 18.0 Å². The van der Waals surface area contributed by atoms with E-state index >= 15 is 0 Å². The molecule has 1 aromatic carbocycles. The number of rotatable bonds is 5. The highest BCUT2D eigenvalue weighted by Gasteiger charge is 2.10. The van der Waals surface area contributed by atoms with Crippen molar-refractivity contribution in [2.75, 3.05) is 11.9 Å². The Balaban J connectivity index is 2.41. The lowest BCUT2D eigenvalue weighted by Crippen LogP contribution is -2.32. The van der Waals surface area contributed by atoms with Gasteiger partial charge < -0.3 is 15.7 Å². The predicted molar refractivity (Wildman–Crippen MR) is 73.6 cm³/mol. The van der Waals surface area contributed by atoms with Crippen molar-refractivity contribution in [2.45, 2.75) is 33.3 Å². The number of aryl methyl sites for hydroxylation is 1. The summed E-state index contributed by atoms with van der Waals surface area (Å²) in [6.07, 6.45) is 0.0255. The quantitative estimate of drug-likeness (QED) is 0.769. The van der Waals surface area contributed by atoms with Crippen molar-refractivity contribution in [3.05, 3.63) is 29.6 Å². The van der Waals surface area contributed by atoms with Crippen molar-refractivity contribution in [2.24, 2.45) is 5.92 Å². The van der Waals surface area contributed by atoms with Gasteiger partial charge in [0.2, 0.25) is 0 Å². The Bertz CT molecular complexity index is 435. The van der Waals surface area contributed by atoms with E-state index in [1.54, 1.807) is 12.1 Å². The molecule has 0 aliphatic heterocycles. The molecule has 19 heavy (non-hydrogen) atoms. The lowest BCUT2D eigenvalue weighted by Gasteiger charge is -2.15. The maximum atomic E-state index is 13.4. The Hall–Kier alpha value is -1.62. The Kier molecular flexibility index (Phi) is 5.76. The summed E-state index contributed by atoms with van der Waals surface area (Å²) >= 11 is 0. The number of nitrogens with one attached hydrogen (secondary N) is 2. The van der Waals surface area contributed by atoms with Crippen LogP contribution in [0.25, 0.3) is 0 Å². The molecule has 2 amide bonds. The number of hydrogen-bond donors (Lipinski definition) is 3. The van der Waals surface area contributed by atoms with Crippen LogP contribution in [0.15, 0.2) is 18.2 Å². The molecule has 0 bridgehead atoms. The Morgan fingerprint density at radius 2 is 2.11 bits per heavy atom. The maximum Gasteiger partial charge on any atom is 0.319 e. The SMILES string of the molecule is Cc1ccc(F)c(NC(=O)NCCC(O)C(C)C)c1. The molecule has 0 aliphatic carbocycles. The van der Waals surface area contributed by atoms with Gasteiger partial charge in [-0.3, -0.25) is 0 Å². The van der Waals surface area contributed by atoms with E-state index in [9.17, 15) is 14.3 Å². The van der Waals surface area contributed by atoms with E-state index in [-0.39, 0.29) is 11.6 Å². The Labute approximate surface area is 113 Å². The molecular weight excluding hydrogens is 247 g/mol. The minimum Gasteiger partial charge on any atom is -0.393 e. The summed E-state index contributed by atoms with van der Waals surface area (Å²) < 4.78 is 13.4. The zero-order chi connectivity index (χ0) is 14.4. The number of urea groups is 1.